The van der Waals surface area contributed by atoms with Crippen molar-refractivity contribution in [1.29, 1.82) is 0 Å². The lowest BCUT2D eigenvalue weighted by Gasteiger charge is -2.23. The highest BCUT2D eigenvalue weighted by atomic mass is 32.2. The first kappa shape index (κ1) is 17.1. The summed E-state index contributed by atoms with van der Waals surface area (Å²) in [5, 5.41) is 3.07. The van der Waals surface area contributed by atoms with Crippen LogP contribution in [0.1, 0.15) is 12.1 Å². The summed E-state index contributed by atoms with van der Waals surface area (Å²) in [5.74, 6) is 1.48. The van der Waals surface area contributed by atoms with Crippen LogP contribution in [0.25, 0.3) is 0 Å². The molecule has 0 amide bonds. The molecule has 25 heavy (non-hydrogen) atoms. The first-order valence-corrected chi connectivity index (χ1v) is 8.94. The molecule has 0 radical (unpaired) electrons. The maximum atomic E-state index is 11.2. The Morgan fingerprint density at radius 2 is 1.88 bits per heavy atom. The van der Waals surface area contributed by atoms with E-state index in [0.717, 1.165) is 24.5 Å². The van der Waals surface area contributed by atoms with Gasteiger partial charge in [-0.3, -0.25) is 4.98 Å². The minimum Gasteiger partial charge on any atom is -0.546 e. The molecule has 0 spiro atoms. The average molecular weight is 357 g/mol. The van der Waals surface area contributed by atoms with Gasteiger partial charge in [0.1, 0.15) is 5.82 Å². The number of nitrogens with two attached hydrogens (primary N) is 1. The molecule has 1 atom stereocenters. The van der Waals surface area contributed by atoms with Gasteiger partial charge in [-0.2, -0.15) is 0 Å². The van der Waals surface area contributed by atoms with E-state index in [1.807, 2.05) is 36.4 Å². The minimum absolute atomic E-state index is 0.188. The van der Waals surface area contributed by atoms with E-state index in [1.54, 1.807) is 12.4 Å². The van der Waals surface area contributed by atoms with Crippen LogP contribution in [-0.2, 0) is 6.54 Å². The zero-order valence-corrected chi connectivity index (χ0v) is 14.4. The van der Waals surface area contributed by atoms with Gasteiger partial charge in [0.15, 0.2) is 11.1 Å². The van der Waals surface area contributed by atoms with Gasteiger partial charge in [0.25, 0.3) is 0 Å². The van der Waals surface area contributed by atoms with Crippen molar-refractivity contribution in [3.8, 4) is 0 Å². The number of pyridine rings is 2. The summed E-state index contributed by atoms with van der Waals surface area (Å²) >= 11 is -1.59. The lowest BCUT2D eigenvalue weighted by atomic mass is 10.3. The second-order valence-electron chi connectivity index (χ2n) is 5.36. The minimum atomic E-state index is -1.59. The van der Waals surface area contributed by atoms with E-state index in [4.69, 9.17) is 5.73 Å². The predicted octanol–water partition coefficient (Wildman–Crippen LogP) is 2.09. The van der Waals surface area contributed by atoms with Crippen LogP contribution >= 0.6 is 11.1 Å². The highest BCUT2D eigenvalue weighted by Crippen LogP contribution is 2.19. The van der Waals surface area contributed by atoms with Crippen LogP contribution in [0, 0.1) is 0 Å². The number of hydrogen-bond acceptors (Lipinski definition) is 8. The van der Waals surface area contributed by atoms with Crippen molar-refractivity contribution in [1.82, 2.24) is 18.7 Å². The number of nitrogens with one attached hydrogen (secondary N) is 1. The van der Waals surface area contributed by atoms with Crippen molar-refractivity contribution >= 4 is 28.6 Å². The van der Waals surface area contributed by atoms with E-state index in [9.17, 15) is 4.55 Å². The summed E-state index contributed by atoms with van der Waals surface area (Å²) < 4.78 is 18.7. The van der Waals surface area contributed by atoms with E-state index in [1.165, 1.54) is 0 Å². The summed E-state index contributed by atoms with van der Waals surface area (Å²) in [6.07, 6.45) is 4.38. The SMILES string of the molecule is Nc1n[s+]([O-])nc1NCCCN(Cc1ccccn1)c1ccccn1. The Bertz CT molecular complexity index is 782. The molecule has 0 fully saturated rings. The molecule has 8 nitrogen and oxygen atoms in total. The largest absolute Gasteiger partial charge is 0.546 e. The van der Waals surface area contributed by atoms with Gasteiger partial charge in [-0.15, -0.1) is 0 Å². The number of aromatic nitrogens is 4. The van der Waals surface area contributed by atoms with Crippen LogP contribution in [0.3, 0.4) is 0 Å². The number of nitrogen functional groups attached to an aromatic ring is 1. The zero-order chi connectivity index (χ0) is 17.5. The Kier molecular flexibility index (Phi) is 5.70. The van der Waals surface area contributed by atoms with Gasteiger partial charge in [-0.25, -0.2) is 4.98 Å². The molecule has 130 valence electrons. The van der Waals surface area contributed by atoms with Crippen molar-refractivity contribution in [2.45, 2.75) is 13.0 Å². The number of rotatable bonds is 8. The Labute approximate surface area is 148 Å². The van der Waals surface area contributed by atoms with Crippen LogP contribution in [-0.4, -0.2) is 36.4 Å². The fourth-order valence-electron chi connectivity index (χ4n) is 2.37. The molecule has 0 aliphatic rings. The molecule has 3 aromatic heterocycles. The van der Waals surface area contributed by atoms with E-state index in [-0.39, 0.29) is 5.82 Å². The van der Waals surface area contributed by atoms with Crippen molar-refractivity contribution in [3.63, 3.8) is 0 Å². The Hall–Kier alpha value is -2.78. The third-order valence-corrected chi connectivity index (χ3v) is 4.23. The molecule has 0 saturated heterocycles. The van der Waals surface area contributed by atoms with Crippen molar-refractivity contribution < 1.29 is 4.55 Å². The average Bonchev–Trinajstić information content (AvgIpc) is 2.96. The maximum Gasteiger partial charge on any atom is 0.232 e. The zero-order valence-electron chi connectivity index (χ0n) is 13.6. The molecule has 0 aliphatic heterocycles. The molecule has 0 aliphatic carbocycles. The van der Waals surface area contributed by atoms with Gasteiger partial charge in [0, 0.05) is 34.2 Å². The van der Waals surface area contributed by atoms with Crippen LogP contribution in [0.2, 0.25) is 0 Å². The van der Waals surface area contributed by atoms with E-state index >= 15 is 0 Å². The summed E-state index contributed by atoms with van der Waals surface area (Å²) in [5.41, 5.74) is 6.62. The summed E-state index contributed by atoms with van der Waals surface area (Å²) in [4.78, 5) is 11.0. The lowest BCUT2D eigenvalue weighted by Crippen LogP contribution is -2.26. The lowest BCUT2D eigenvalue weighted by molar-refractivity contribution is 0.585. The van der Waals surface area contributed by atoms with Gasteiger partial charge in [-0.1, -0.05) is 12.1 Å². The van der Waals surface area contributed by atoms with Crippen molar-refractivity contribution in [3.05, 3.63) is 54.5 Å². The second kappa shape index (κ2) is 8.36. The molecule has 1 unspecified atom stereocenters. The van der Waals surface area contributed by atoms with E-state index in [0.29, 0.717) is 18.9 Å². The fourth-order valence-corrected chi connectivity index (χ4v) is 2.98. The smallest absolute Gasteiger partial charge is 0.232 e. The van der Waals surface area contributed by atoms with Gasteiger partial charge < -0.3 is 20.5 Å². The molecule has 0 bridgehead atoms. The Morgan fingerprint density at radius 3 is 2.52 bits per heavy atom. The summed E-state index contributed by atoms with van der Waals surface area (Å²) in [7, 11) is 0. The van der Waals surface area contributed by atoms with Crippen molar-refractivity contribution in [2.24, 2.45) is 0 Å². The Morgan fingerprint density at radius 1 is 1.08 bits per heavy atom. The van der Waals surface area contributed by atoms with Crippen LogP contribution in [0.5, 0.6) is 0 Å². The summed E-state index contributed by atoms with van der Waals surface area (Å²) in [6, 6.07) is 11.7. The van der Waals surface area contributed by atoms with Crippen LogP contribution in [0.4, 0.5) is 17.5 Å². The van der Waals surface area contributed by atoms with Gasteiger partial charge >= 0.3 is 0 Å². The second-order valence-corrected chi connectivity index (χ2v) is 6.18. The van der Waals surface area contributed by atoms with E-state index < -0.39 is 11.1 Å². The molecule has 0 saturated carbocycles. The van der Waals surface area contributed by atoms with Crippen LogP contribution < -0.4 is 16.0 Å². The molecular weight excluding hydrogens is 338 g/mol. The van der Waals surface area contributed by atoms with Crippen molar-refractivity contribution in [2.75, 3.05) is 29.0 Å². The van der Waals surface area contributed by atoms with Crippen LogP contribution in [0.15, 0.2) is 48.8 Å². The molecule has 3 aromatic rings. The quantitative estimate of drug-likeness (QED) is 0.465. The topological polar surface area (TPSA) is 116 Å². The molecule has 3 rings (SSSR count). The molecular formula is C16H19N7OS. The molecule has 3 heterocycles. The highest BCUT2D eigenvalue weighted by Gasteiger charge is 2.12. The van der Waals surface area contributed by atoms with Gasteiger partial charge in [-0.05, 0) is 30.7 Å². The number of hydrogen-bond donors (Lipinski definition) is 2. The third-order valence-electron chi connectivity index (χ3n) is 3.54. The monoisotopic (exact) mass is 357 g/mol. The summed E-state index contributed by atoms with van der Waals surface area (Å²) in [6.45, 7) is 2.08. The number of nitrogens with zero attached hydrogens (tertiary/aromatic N) is 5. The maximum absolute atomic E-state index is 11.2. The standard InChI is InChI=1S/C16H19N7OS/c17-15-16(22-25(24)21-15)20-10-5-11-23(14-7-2-4-9-19-14)12-13-6-1-3-8-18-13/h1-4,6-9H,5,10-12H2,(H2,17,21)(H,20,22). The third kappa shape index (κ3) is 4.85. The highest BCUT2D eigenvalue weighted by molar-refractivity contribution is 7.14. The first-order valence-electron chi connectivity index (χ1n) is 7.87. The number of anilines is 3. The first-order chi connectivity index (χ1) is 12.2. The normalized spacial score (nSPS) is 11.3. The van der Waals surface area contributed by atoms with Gasteiger partial charge in [0.2, 0.25) is 11.6 Å². The Balaban J connectivity index is 1.59. The molecule has 0 aromatic carbocycles. The molecule has 9 heteroatoms. The fraction of sp³-hybridized carbons (Fsp3) is 0.250. The van der Waals surface area contributed by atoms with Gasteiger partial charge in [0.05, 0.1) is 12.2 Å². The van der Waals surface area contributed by atoms with E-state index in [2.05, 4.69) is 28.9 Å². The molecule has 3 N–H and O–H groups in total. The predicted molar refractivity (Wildman–Crippen MR) is 97.7 cm³/mol.